The van der Waals surface area contributed by atoms with E-state index in [4.69, 9.17) is 4.74 Å². The van der Waals surface area contributed by atoms with Crippen LogP contribution in [0.2, 0.25) is 0 Å². The first-order valence-corrected chi connectivity index (χ1v) is 7.27. The molecule has 20 heavy (non-hydrogen) atoms. The van der Waals surface area contributed by atoms with E-state index in [-0.39, 0.29) is 6.10 Å². The summed E-state index contributed by atoms with van der Waals surface area (Å²) < 4.78 is 5.79. The van der Waals surface area contributed by atoms with Crippen LogP contribution < -0.4 is 0 Å². The van der Waals surface area contributed by atoms with Crippen LogP contribution in [0.3, 0.4) is 0 Å². The fraction of sp³-hybridized carbons (Fsp3) is 0.471. The average molecular weight is 271 g/mol. The van der Waals surface area contributed by atoms with Gasteiger partial charge in [-0.15, -0.1) is 0 Å². The molecular formula is C17H21NO2. The van der Waals surface area contributed by atoms with Crippen LogP contribution in [0.1, 0.15) is 32.3 Å². The lowest BCUT2D eigenvalue weighted by Gasteiger charge is -2.39. The standard InChI is InChI=1S/C17H21NO2/c1-12(2)16-9-17(19,7-8-20-16)15-11-18-10-13-5-3-4-6-14(13)15/h3-6,10-12,16,19H,7-9H2,1-2H3. The van der Waals surface area contributed by atoms with E-state index < -0.39 is 5.60 Å². The molecule has 0 bridgehead atoms. The zero-order chi connectivity index (χ0) is 14.2. The Labute approximate surface area is 119 Å². The molecule has 106 valence electrons. The number of nitrogens with zero attached hydrogens (tertiary/aromatic N) is 1. The third-order valence-corrected chi connectivity index (χ3v) is 4.30. The molecule has 2 aromatic rings. The van der Waals surface area contributed by atoms with E-state index in [9.17, 15) is 5.11 Å². The smallest absolute Gasteiger partial charge is 0.0964 e. The molecule has 0 amide bonds. The molecule has 1 aliphatic heterocycles. The van der Waals surface area contributed by atoms with Crippen molar-refractivity contribution in [2.24, 2.45) is 5.92 Å². The minimum atomic E-state index is -0.832. The fourth-order valence-corrected chi connectivity index (χ4v) is 3.03. The van der Waals surface area contributed by atoms with Gasteiger partial charge < -0.3 is 9.84 Å². The minimum absolute atomic E-state index is 0.104. The summed E-state index contributed by atoms with van der Waals surface area (Å²) in [5.41, 5.74) is 0.102. The van der Waals surface area contributed by atoms with Crippen molar-refractivity contribution in [3.8, 4) is 0 Å². The highest BCUT2D eigenvalue weighted by Crippen LogP contribution is 2.39. The van der Waals surface area contributed by atoms with E-state index in [0.717, 1.165) is 16.3 Å². The monoisotopic (exact) mass is 271 g/mol. The molecule has 0 spiro atoms. The molecule has 3 rings (SSSR count). The van der Waals surface area contributed by atoms with Crippen molar-refractivity contribution in [1.29, 1.82) is 0 Å². The Morgan fingerprint density at radius 3 is 2.90 bits per heavy atom. The van der Waals surface area contributed by atoms with Crippen molar-refractivity contribution in [3.05, 3.63) is 42.2 Å². The number of fused-ring (bicyclic) bond motifs is 1. The van der Waals surface area contributed by atoms with Gasteiger partial charge >= 0.3 is 0 Å². The first-order valence-electron chi connectivity index (χ1n) is 7.27. The highest BCUT2D eigenvalue weighted by molar-refractivity contribution is 5.85. The Bertz CT molecular complexity index is 605. The number of hydrogen-bond acceptors (Lipinski definition) is 3. The van der Waals surface area contributed by atoms with Crippen LogP contribution in [0.15, 0.2) is 36.7 Å². The van der Waals surface area contributed by atoms with Crippen LogP contribution in [-0.2, 0) is 10.3 Å². The van der Waals surface area contributed by atoms with Crippen LogP contribution in [-0.4, -0.2) is 22.8 Å². The second-order valence-corrected chi connectivity index (χ2v) is 6.05. The fourth-order valence-electron chi connectivity index (χ4n) is 3.03. The SMILES string of the molecule is CC(C)C1CC(O)(c2cncc3ccccc23)CCO1. The van der Waals surface area contributed by atoms with E-state index in [2.05, 4.69) is 24.9 Å². The third-order valence-electron chi connectivity index (χ3n) is 4.30. The summed E-state index contributed by atoms with van der Waals surface area (Å²) in [5.74, 6) is 0.407. The Hall–Kier alpha value is -1.45. The van der Waals surface area contributed by atoms with Crippen molar-refractivity contribution >= 4 is 10.8 Å². The minimum Gasteiger partial charge on any atom is -0.385 e. The predicted molar refractivity (Wildman–Crippen MR) is 79.5 cm³/mol. The van der Waals surface area contributed by atoms with Crippen molar-refractivity contribution in [2.75, 3.05) is 6.61 Å². The maximum Gasteiger partial charge on any atom is 0.0964 e. The van der Waals surface area contributed by atoms with Crippen molar-refractivity contribution in [3.63, 3.8) is 0 Å². The van der Waals surface area contributed by atoms with Crippen molar-refractivity contribution in [2.45, 2.75) is 38.4 Å². The first kappa shape index (κ1) is 13.5. The molecule has 2 unspecified atom stereocenters. The third kappa shape index (κ3) is 2.32. The molecular weight excluding hydrogens is 250 g/mol. The second-order valence-electron chi connectivity index (χ2n) is 6.05. The molecule has 1 aromatic heterocycles. The number of benzene rings is 1. The molecule has 0 aliphatic carbocycles. The lowest BCUT2D eigenvalue weighted by Crippen LogP contribution is -2.40. The number of pyridine rings is 1. The van der Waals surface area contributed by atoms with Gasteiger partial charge in [0.1, 0.15) is 0 Å². The molecule has 3 nitrogen and oxygen atoms in total. The lowest BCUT2D eigenvalue weighted by atomic mass is 9.80. The van der Waals surface area contributed by atoms with Crippen LogP contribution in [0.4, 0.5) is 0 Å². The Balaban J connectivity index is 2.05. The highest BCUT2D eigenvalue weighted by Gasteiger charge is 2.38. The van der Waals surface area contributed by atoms with Crippen LogP contribution >= 0.6 is 0 Å². The summed E-state index contributed by atoms with van der Waals surface area (Å²) in [6.07, 6.45) is 5.03. The highest BCUT2D eigenvalue weighted by atomic mass is 16.5. The number of aromatic nitrogens is 1. The average Bonchev–Trinajstić information content (AvgIpc) is 2.46. The Morgan fingerprint density at radius 1 is 1.30 bits per heavy atom. The molecule has 0 saturated carbocycles. The topological polar surface area (TPSA) is 42.4 Å². The summed E-state index contributed by atoms with van der Waals surface area (Å²) in [7, 11) is 0. The van der Waals surface area contributed by atoms with Gasteiger partial charge in [-0.2, -0.15) is 0 Å². The van der Waals surface area contributed by atoms with Crippen molar-refractivity contribution in [1.82, 2.24) is 4.98 Å². The zero-order valence-corrected chi connectivity index (χ0v) is 12.0. The summed E-state index contributed by atoms with van der Waals surface area (Å²) in [5, 5.41) is 13.3. The Morgan fingerprint density at radius 2 is 2.10 bits per heavy atom. The summed E-state index contributed by atoms with van der Waals surface area (Å²) in [4.78, 5) is 4.30. The molecule has 2 atom stereocenters. The predicted octanol–water partition coefficient (Wildman–Crippen LogP) is 3.26. The van der Waals surface area contributed by atoms with Gasteiger partial charge in [0.25, 0.3) is 0 Å². The first-order chi connectivity index (χ1) is 9.60. The van der Waals surface area contributed by atoms with Gasteiger partial charge in [0.15, 0.2) is 0 Å². The number of ether oxygens (including phenoxy) is 1. The molecule has 3 heteroatoms. The maximum atomic E-state index is 11.1. The molecule has 2 heterocycles. The van der Waals surface area contributed by atoms with E-state index in [0.29, 0.717) is 25.4 Å². The van der Waals surface area contributed by atoms with Gasteiger partial charge in [0, 0.05) is 36.2 Å². The van der Waals surface area contributed by atoms with E-state index >= 15 is 0 Å². The van der Waals surface area contributed by atoms with Crippen LogP contribution in [0.25, 0.3) is 10.8 Å². The largest absolute Gasteiger partial charge is 0.385 e. The van der Waals surface area contributed by atoms with Gasteiger partial charge in [-0.05, 0) is 11.3 Å². The van der Waals surface area contributed by atoms with E-state index in [1.54, 1.807) is 0 Å². The quantitative estimate of drug-likeness (QED) is 0.911. The molecule has 1 aliphatic rings. The summed E-state index contributed by atoms with van der Waals surface area (Å²) in [6, 6.07) is 8.10. The van der Waals surface area contributed by atoms with Crippen molar-refractivity contribution < 1.29 is 9.84 Å². The van der Waals surface area contributed by atoms with E-state index in [1.165, 1.54) is 0 Å². The molecule has 0 radical (unpaired) electrons. The van der Waals surface area contributed by atoms with Gasteiger partial charge in [0.05, 0.1) is 18.3 Å². The summed E-state index contributed by atoms with van der Waals surface area (Å²) >= 11 is 0. The number of hydrogen-bond donors (Lipinski definition) is 1. The van der Waals surface area contributed by atoms with Crippen LogP contribution in [0.5, 0.6) is 0 Å². The van der Waals surface area contributed by atoms with Gasteiger partial charge in [0.2, 0.25) is 0 Å². The van der Waals surface area contributed by atoms with Gasteiger partial charge in [-0.25, -0.2) is 0 Å². The lowest BCUT2D eigenvalue weighted by molar-refractivity contribution is -0.120. The Kier molecular flexibility index (Phi) is 3.48. The molecule has 1 aromatic carbocycles. The van der Waals surface area contributed by atoms with Gasteiger partial charge in [-0.3, -0.25) is 4.98 Å². The number of rotatable bonds is 2. The molecule has 1 N–H and O–H groups in total. The second kappa shape index (κ2) is 5.15. The number of aliphatic hydroxyl groups is 1. The normalized spacial score (nSPS) is 27.1. The maximum absolute atomic E-state index is 11.1. The molecule has 1 saturated heterocycles. The van der Waals surface area contributed by atoms with Gasteiger partial charge in [-0.1, -0.05) is 38.1 Å². The molecule has 1 fully saturated rings. The van der Waals surface area contributed by atoms with E-state index in [1.807, 2.05) is 30.6 Å². The zero-order valence-electron chi connectivity index (χ0n) is 12.0. The summed E-state index contributed by atoms with van der Waals surface area (Å²) in [6.45, 7) is 4.87. The van der Waals surface area contributed by atoms with Crippen LogP contribution in [0, 0.1) is 5.92 Å².